The number of hydrogen-bond acceptors (Lipinski definition) is 6. The van der Waals surface area contributed by atoms with Crippen molar-refractivity contribution >= 4 is 27.3 Å². The molecule has 0 fully saturated rings. The third kappa shape index (κ3) is 5.53. The predicted molar refractivity (Wildman–Crippen MR) is 101 cm³/mol. The number of nitrogens with zero attached hydrogens (tertiary/aromatic N) is 2. The van der Waals surface area contributed by atoms with Crippen molar-refractivity contribution in [2.24, 2.45) is 5.92 Å². The first kappa shape index (κ1) is 21.4. The van der Waals surface area contributed by atoms with Gasteiger partial charge in [0.25, 0.3) is 0 Å². The maximum absolute atomic E-state index is 13.8. The highest BCUT2D eigenvalue weighted by Gasteiger charge is 2.29. The first-order chi connectivity index (χ1) is 12.6. The van der Waals surface area contributed by atoms with Gasteiger partial charge in [-0.2, -0.15) is 4.72 Å². The van der Waals surface area contributed by atoms with Crippen molar-refractivity contribution in [3.8, 4) is 0 Å². The molecule has 0 unspecified atom stereocenters. The summed E-state index contributed by atoms with van der Waals surface area (Å²) in [6.45, 7) is 7.55. The molecule has 1 aromatic heterocycles. The molecule has 7 nitrogen and oxygen atoms in total. The molecule has 0 spiro atoms. The van der Waals surface area contributed by atoms with Crippen molar-refractivity contribution in [2.75, 3.05) is 0 Å². The van der Waals surface area contributed by atoms with Crippen molar-refractivity contribution in [3.63, 3.8) is 0 Å². The molecule has 10 heteroatoms. The zero-order valence-corrected chi connectivity index (χ0v) is 17.2. The van der Waals surface area contributed by atoms with Crippen molar-refractivity contribution in [1.82, 2.24) is 20.2 Å². The standard InChI is InChI=1S/C17H23FN4O3S2/c1-10(2)15(22-27(24,25)13-8-6-5-7-12(13)18)16(23)19-9-14-20-21-17(26-14)11(3)4/h5-8,10-11,15,22H,9H2,1-4H3,(H,19,23)/t15-/m0/s1. The zero-order chi connectivity index (χ0) is 20.2. The van der Waals surface area contributed by atoms with Gasteiger partial charge < -0.3 is 5.32 Å². The Labute approximate surface area is 162 Å². The molecule has 2 aromatic rings. The molecule has 0 aliphatic heterocycles. The van der Waals surface area contributed by atoms with Gasteiger partial charge in [0.15, 0.2) is 0 Å². The first-order valence-corrected chi connectivity index (χ1v) is 10.8. The first-order valence-electron chi connectivity index (χ1n) is 8.48. The maximum Gasteiger partial charge on any atom is 0.244 e. The highest BCUT2D eigenvalue weighted by molar-refractivity contribution is 7.89. The molecule has 0 bridgehead atoms. The van der Waals surface area contributed by atoms with E-state index in [9.17, 15) is 17.6 Å². The monoisotopic (exact) mass is 414 g/mol. The summed E-state index contributed by atoms with van der Waals surface area (Å²) in [4.78, 5) is 12.0. The number of carbonyl (C=O) groups is 1. The minimum Gasteiger partial charge on any atom is -0.348 e. The van der Waals surface area contributed by atoms with Gasteiger partial charge in [-0.05, 0) is 18.1 Å². The summed E-state index contributed by atoms with van der Waals surface area (Å²) < 4.78 is 41.1. The largest absolute Gasteiger partial charge is 0.348 e. The van der Waals surface area contributed by atoms with Gasteiger partial charge in [-0.25, -0.2) is 12.8 Å². The Morgan fingerprint density at radius 2 is 1.85 bits per heavy atom. The van der Waals surface area contributed by atoms with Crippen LogP contribution in [0.4, 0.5) is 4.39 Å². The summed E-state index contributed by atoms with van der Waals surface area (Å²) in [5.74, 6) is -1.48. The molecule has 148 valence electrons. The molecule has 0 saturated carbocycles. The minimum atomic E-state index is -4.18. The average Bonchev–Trinajstić information content (AvgIpc) is 3.07. The molecule has 1 aromatic carbocycles. The molecule has 2 rings (SSSR count). The topological polar surface area (TPSA) is 101 Å². The lowest BCUT2D eigenvalue weighted by atomic mass is 10.1. The number of sulfonamides is 1. The summed E-state index contributed by atoms with van der Waals surface area (Å²) in [6, 6.07) is 3.98. The lowest BCUT2D eigenvalue weighted by molar-refractivity contribution is -0.123. The number of nitrogens with one attached hydrogen (secondary N) is 2. The van der Waals surface area contributed by atoms with Crippen molar-refractivity contribution < 1.29 is 17.6 Å². The lowest BCUT2D eigenvalue weighted by Gasteiger charge is -2.21. The van der Waals surface area contributed by atoms with E-state index in [2.05, 4.69) is 20.2 Å². The van der Waals surface area contributed by atoms with Gasteiger partial charge in [0.1, 0.15) is 26.8 Å². The van der Waals surface area contributed by atoms with E-state index < -0.39 is 32.7 Å². The zero-order valence-electron chi connectivity index (χ0n) is 15.6. The number of aromatic nitrogens is 2. The van der Waals surface area contributed by atoms with Crippen LogP contribution in [-0.2, 0) is 21.4 Å². The minimum absolute atomic E-state index is 0.147. The number of amides is 1. The van der Waals surface area contributed by atoms with E-state index >= 15 is 0 Å². The molecule has 1 atom stereocenters. The highest BCUT2D eigenvalue weighted by Crippen LogP contribution is 2.19. The normalized spacial score (nSPS) is 13.1. The van der Waals surface area contributed by atoms with Crippen LogP contribution in [0.25, 0.3) is 0 Å². The molecule has 27 heavy (non-hydrogen) atoms. The fourth-order valence-corrected chi connectivity index (χ4v) is 4.44. The third-order valence-electron chi connectivity index (χ3n) is 3.75. The molecule has 0 aliphatic rings. The van der Waals surface area contributed by atoms with Crippen LogP contribution in [0.5, 0.6) is 0 Å². The molecular formula is C17H23FN4O3S2. The average molecular weight is 415 g/mol. The summed E-state index contributed by atoms with van der Waals surface area (Å²) in [7, 11) is -4.18. The van der Waals surface area contributed by atoms with Gasteiger partial charge in [0.2, 0.25) is 15.9 Å². The second-order valence-electron chi connectivity index (χ2n) is 6.68. The van der Waals surface area contributed by atoms with E-state index in [1.807, 2.05) is 13.8 Å². The Kier molecular flexibility index (Phi) is 7.01. The van der Waals surface area contributed by atoms with Gasteiger partial charge in [-0.15, -0.1) is 10.2 Å². The smallest absolute Gasteiger partial charge is 0.244 e. The van der Waals surface area contributed by atoms with Crippen LogP contribution < -0.4 is 10.0 Å². The Bertz CT molecular complexity index is 897. The van der Waals surface area contributed by atoms with E-state index in [1.54, 1.807) is 13.8 Å². The fraction of sp³-hybridized carbons (Fsp3) is 0.471. The quantitative estimate of drug-likeness (QED) is 0.691. The van der Waals surface area contributed by atoms with Gasteiger partial charge in [0, 0.05) is 5.92 Å². The van der Waals surface area contributed by atoms with Crippen LogP contribution in [0.1, 0.15) is 43.6 Å². The number of halogens is 1. The van der Waals surface area contributed by atoms with Crippen molar-refractivity contribution in [1.29, 1.82) is 0 Å². The molecule has 1 amide bonds. The van der Waals surface area contributed by atoms with Crippen LogP contribution >= 0.6 is 11.3 Å². The number of rotatable bonds is 8. The van der Waals surface area contributed by atoms with Crippen molar-refractivity contribution in [3.05, 3.63) is 40.1 Å². The van der Waals surface area contributed by atoms with E-state index in [0.29, 0.717) is 5.01 Å². The van der Waals surface area contributed by atoms with Gasteiger partial charge in [0.05, 0.1) is 6.54 Å². The summed E-state index contributed by atoms with van der Waals surface area (Å²) >= 11 is 1.39. The van der Waals surface area contributed by atoms with Crippen molar-refractivity contribution in [2.45, 2.75) is 51.1 Å². The fourth-order valence-electron chi connectivity index (χ4n) is 2.23. The third-order valence-corrected chi connectivity index (χ3v) is 6.45. The summed E-state index contributed by atoms with van der Waals surface area (Å²) in [5.41, 5.74) is 0. The Morgan fingerprint density at radius 3 is 2.41 bits per heavy atom. The van der Waals surface area contributed by atoms with Crippen LogP contribution in [0, 0.1) is 11.7 Å². The lowest BCUT2D eigenvalue weighted by Crippen LogP contribution is -2.49. The Hall–Kier alpha value is -1.91. The Morgan fingerprint density at radius 1 is 1.19 bits per heavy atom. The SMILES string of the molecule is CC(C)c1nnc(CNC(=O)[C@@H](NS(=O)(=O)c2ccccc2F)C(C)C)s1. The number of benzene rings is 1. The molecule has 1 heterocycles. The number of carbonyl (C=O) groups excluding carboxylic acids is 1. The Balaban J connectivity index is 2.09. The van der Waals surface area contributed by atoms with E-state index in [4.69, 9.17) is 0 Å². The maximum atomic E-state index is 13.8. The van der Waals surface area contributed by atoms with Gasteiger partial charge >= 0.3 is 0 Å². The molecular weight excluding hydrogens is 391 g/mol. The summed E-state index contributed by atoms with van der Waals surface area (Å²) in [6.07, 6.45) is 0. The van der Waals surface area contributed by atoms with Crippen LogP contribution in [-0.4, -0.2) is 30.6 Å². The predicted octanol–water partition coefficient (Wildman–Crippen LogP) is 2.42. The van der Waals surface area contributed by atoms with Crippen LogP contribution in [0.3, 0.4) is 0 Å². The molecule has 0 aliphatic carbocycles. The van der Waals surface area contributed by atoms with Crippen LogP contribution in [0.2, 0.25) is 0 Å². The van der Waals surface area contributed by atoms with E-state index in [0.717, 1.165) is 17.1 Å². The molecule has 2 N–H and O–H groups in total. The van der Waals surface area contributed by atoms with E-state index in [1.165, 1.54) is 23.5 Å². The molecule has 0 saturated heterocycles. The highest BCUT2D eigenvalue weighted by atomic mass is 32.2. The van der Waals surface area contributed by atoms with Gasteiger partial charge in [-0.3, -0.25) is 4.79 Å². The number of hydrogen-bond donors (Lipinski definition) is 2. The second-order valence-corrected chi connectivity index (χ2v) is 9.46. The molecule has 0 radical (unpaired) electrons. The van der Waals surface area contributed by atoms with Crippen LogP contribution in [0.15, 0.2) is 29.2 Å². The van der Waals surface area contributed by atoms with Gasteiger partial charge in [-0.1, -0.05) is 51.2 Å². The second kappa shape index (κ2) is 8.85. The van der Waals surface area contributed by atoms with E-state index in [-0.39, 0.29) is 18.4 Å². The summed E-state index contributed by atoms with van der Waals surface area (Å²) in [5, 5.41) is 12.2.